The summed E-state index contributed by atoms with van der Waals surface area (Å²) in [7, 11) is 1.11. The van der Waals surface area contributed by atoms with Crippen LogP contribution < -0.4 is 4.89 Å². The summed E-state index contributed by atoms with van der Waals surface area (Å²) >= 11 is 0. The Labute approximate surface area is 360 Å². The number of phosphoric acid groups is 1. The number of likely N-dealkylation sites (N-methyl/N-ethyl adjacent to an activating group) is 1. The second-order valence-corrected chi connectivity index (χ2v) is 17.1. The van der Waals surface area contributed by atoms with E-state index in [4.69, 9.17) is 18.5 Å². The maximum absolute atomic E-state index is 12.7. The Morgan fingerprint density at radius 2 is 0.966 bits per heavy atom. The van der Waals surface area contributed by atoms with Gasteiger partial charge in [0.25, 0.3) is 7.82 Å². The highest BCUT2D eigenvalue weighted by Gasteiger charge is 2.21. The van der Waals surface area contributed by atoms with Crippen LogP contribution in [0.25, 0.3) is 0 Å². The molecule has 0 bridgehead atoms. The van der Waals surface area contributed by atoms with Gasteiger partial charge in [0.15, 0.2) is 6.10 Å². The molecule has 0 saturated carbocycles. The minimum absolute atomic E-state index is 0.0476. The zero-order valence-corrected chi connectivity index (χ0v) is 38.5. The van der Waals surface area contributed by atoms with Crippen LogP contribution in [0.15, 0.2) is 97.2 Å². The number of ether oxygens (including phenoxy) is 2. The van der Waals surface area contributed by atoms with Gasteiger partial charge < -0.3 is 27.9 Å². The van der Waals surface area contributed by atoms with Gasteiger partial charge in [0.05, 0.1) is 27.7 Å². The predicted octanol–water partition coefficient (Wildman–Crippen LogP) is 12.3. The molecule has 0 aromatic rings. The molecule has 2 atom stereocenters. The molecule has 0 aromatic carbocycles. The van der Waals surface area contributed by atoms with Gasteiger partial charge in [-0.15, -0.1) is 0 Å². The monoisotopic (exact) mass is 844 g/mol. The molecule has 0 aliphatic rings. The smallest absolute Gasteiger partial charge is 0.306 e. The van der Waals surface area contributed by atoms with Crippen LogP contribution in [0.4, 0.5) is 0 Å². The molecule has 0 spiro atoms. The van der Waals surface area contributed by atoms with Gasteiger partial charge >= 0.3 is 11.9 Å². The van der Waals surface area contributed by atoms with E-state index in [0.717, 1.165) is 96.3 Å². The standard InChI is InChI=1S/C49H82NO8P/c1-6-8-10-12-14-16-18-20-22-23-24-25-26-27-28-30-32-34-36-38-40-42-49(52)58-47(46-57-59(53,54)56-44-43-50(3,4)5)45-55-48(51)41-39-37-35-33-31-29-21-19-17-15-13-11-9-7-2/h8,10,13-16,19-22,24-25,27-28,32,34,47H,6-7,9,11-12,17-18,23,26,29-31,33,35-46H2,1-5H3/b10-8-,15-13-,16-14-,21-19-,22-20-,25-24-,28-27-,34-32-. The molecule has 0 aliphatic carbocycles. The Hall–Kier alpha value is -3.07. The topological polar surface area (TPSA) is 111 Å². The Morgan fingerprint density at radius 1 is 0.542 bits per heavy atom. The number of carbonyl (C=O) groups is 2. The van der Waals surface area contributed by atoms with Crippen molar-refractivity contribution in [2.45, 2.75) is 155 Å². The minimum Gasteiger partial charge on any atom is -0.756 e. The predicted molar refractivity (Wildman–Crippen MR) is 245 cm³/mol. The number of unbranched alkanes of at least 4 members (excludes halogenated alkanes) is 9. The molecule has 0 aliphatic heterocycles. The lowest BCUT2D eigenvalue weighted by molar-refractivity contribution is -0.870. The molecule has 0 heterocycles. The lowest BCUT2D eigenvalue weighted by Crippen LogP contribution is -2.37. The van der Waals surface area contributed by atoms with Gasteiger partial charge in [0.2, 0.25) is 0 Å². The summed E-state index contributed by atoms with van der Waals surface area (Å²) in [5, 5.41) is 0. The third-order valence-corrected chi connectivity index (χ3v) is 9.80. The highest BCUT2D eigenvalue weighted by Crippen LogP contribution is 2.38. The van der Waals surface area contributed by atoms with Crippen molar-refractivity contribution in [2.24, 2.45) is 0 Å². The number of esters is 2. The first-order valence-corrected chi connectivity index (χ1v) is 23.9. The van der Waals surface area contributed by atoms with E-state index in [2.05, 4.69) is 111 Å². The number of hydrogen-bond acceptors (Lipinski definition) is 8. The third-order valence-electron chi connectivity index (χ3n) is 8.84. The summed E-state index contributed by atoms with van der Waals surface area (Å²) in [4.78, 5) is 37.5. The highest BCUT2D eigenvalue weighted by molar-refractivity contribution is 7.45. The average molecular weight is 844 g/mol. The number of rotatable bonds is 39. The first-order chi connectivity index (χ1) is 28.5. The van der Waals surface area contributed by atoms with Crippen LogP contribution in [0.2, 0.25) is 0 Å². The van der Waals surface area contributed by atoms with Crippen LogP contribution in [0.1, 0.15) is 149 Å². The first-order valence-electron chi connectivity index (χ1n) is 22.4. The summed E-state index contributed by atoms with van der Waals surface area (Å²) in [5.41, 5.74) is 0. The maximum atomic E-state index is 12.7. The van der Waals surface area contributed by atoms with Gasteiger partial charge in [-0.25, -0.2) is 0 Å². The Morgan fingerprint density at radius 3 is 1.47 bits per heavy atom. The van der Waals surface area contributed by atoms with Crippen LogP contribution in [-0.4, -0.2) is 70.0 Å². The molecule has 0 radical (unpaired) electrons. The van der Waals surface area contributed by atoms with E-state index in [1.54, 1.807) is 0 Å². The van der Waals surface area contributed by atoms with E-state index < -0.39 is 32.5 Å². The van der Waals surface area contributed by atoms with Gasteiger partial charge in [-0.1, -0.05) is 143 Å². The van der Waals surface area contributed by atoms with Crippen LogP contribution in [0.5, 0.6) is 0 Å². The van der Waals surface area contributed by atoms with Crippen LogP contribution in [-0.2, 0) is 32.7 Å². The molecule has 59 heavy (non-hydrogen) atoms. The number of phosphoric ester groups is 1. The van der Waals surface area contributed by atoms with Gasteiger partial charge in [0.1, 0.15) is 19.8 Å². The third kappa shape index (κ3) is 44.3. The fraction of sp³-hybridized carbons (Fsp3) is 0.633. The Bertz CT molecular complexity index is 1320. The molecule has 0 saturated heterocycles. The van der Waals surface area contributed by atoms with Crippen molar-refractivity contribution >= 4 is 19.8 Å². The molecule has 336 valence electrons. The molecular formula is C49H82NO8P. The van der Waals surface area contributed by atoms with Crippen molar-refractivity contribution in [2.75, 3.05) is 47.5 Å². The van der Waals surface area contributed by atoms with Crippen molar-refractivity contribution < 1.29 is 42.1 Å². The van der Waals surface area contributed by atoms with Gasteiger partial charge in [-0.05, 0) is 89.9 Å². The number of hydrogen-bond donors (Lipinski definition) is 0. The van der Waals surface area contributed by atoms with E-state index in [9.17, 15) is 19.0 Å². The Kier molecular flexibility index (Phi) is 38.2. The van der Waals surface area contributed by atoms with Crippen LogP contribution in [0, 0.1) is 0 Å². The fourth-order valence-electron chi connectivity index (χ4n) is 5.32. The maximum Gasteiger partial charge on any atom is 0.306 e. The lowest BCUT2D eigenvalue weighted by atomic mass is 10.1. The molecular weight excluding hydrogens is 762 g/mol. The molecule has 2 unspecified atom stereocenters. The summed E-state index contributed by atoms with van der Waals surface area (Å²) in [6.45, 7) is 3.97. The highest BCUT2D eigenvalue weighted by atomic mass is 31.2. The zero-order valence-electron chi connectivity index (χ0n) is 37.7. The fourth-order valence-corrected chi connectivity index (χ4v) is 6.05. The lowest BCUT2D eigenvalue weighted by Gasteiger charge is -2.28. The average Bonchev–Trinajstić information content (AvgIpc) is 3.19. The molecule has 0 aromatic heterocycles. The van der Waals surface area contributed by atoms with E-state index in [1.807, 2.05) is 21.1 Å². The summed E-state index contributed by atoms with van der Waals surface area (Å²) in [5.74, 6) is -0.913. The second-order valence-electron chi connectivity index (χ2n) is 15.7. The summed E-state index contributed by atoms with van der Waals surface area (Å²) in [6, 6.07) is 0. The quantitative estimate of drug-likeness (QED) is 0.0198. The number of quaternary nitrogens is 1. The molecule has 10 heteroatoms. The number of nitrogens with zero attached hydrogens (tertiary/aromatic N) is 1. The molecule has 0 rings (SSSR count). The van der Waals surface area contributed by atoms with E-state index in [-0.39, 0.29) is 26.1 Å². The Balaban J connectivity index is 4.48. The van der Waals surface area contributed by atoms with Crippen molar-refractivity contribution in [1.82, 2.24) is 0 Å². The minimum atomic E-state index is -4.65. The second kappa shape index (κ2) is 40.3. The van der Waals surface area contributed by atoms with Crippen molar-refractivity contribution in [1.29, 1.82) is 0 Å². The summed E-state index contributed by atoms with van der Waals surface area (Å²) in [6.07, 6.45) is 52.9. The number of allylic oxidation sites excluding steroid dienone is 16. The van der Waals surface area contributed by atoms with Crippen molar-refractivity contribution in [3.05, 3.63) is 97.2 Å². The van der Waals surface area contributed by atoms with E-state index >= 15 is 0 Å². The van der Waals surface area contributed by atoms with E-state index in [0.29, 0.717) is 23.9 Å². The molecule has 0 fully saturated rings. The SMILES string of the molecule is CC/C=C\C/C=C\C/C=C\C/C=C\C/C=C\C/C=C\CCCCC(=O)OC(COC(=O)CCCCCCC/C=C\C/C=C\CCCC)COP(=O)([O-])OCC[N+](C)(C)C. The van der Waals surface area contributed by atoms with Gasteiger partial charge in [-0.3, -0.25) is 14.2 Å². The molecule has 9 nitrogen and oxygen atoms in total. The van der Waals surface area contributed by atoms with Crippen LogP contribution in [0.3, 0.4) is 0 Å². The van der Waals surface area contributed by atoms with E-state index in [1.165, 1.54) is 12.8 Å². The zero-order chi connectivity index (χ0) is 43.6. The van der Waals surface area contributed by atoms with Gasteiger partial charge in [0, 0.05) is 12.8 Å². The normalized spacial score (nSPS) is 14.5. The molecule has 0 N–H and O–H groups in total. The van der Waals surface area contributed by atoms with Crippen molar-refractivity contribution in [3.63, 3.8) is 0 Å². The largest absolute Gasteiger partial charge is 0.756 e. The van der Waals surface area contributed by atoms with Crippen LogP contribution >= 0.6 is 7.82 Å². The van der Waals surface area contributed by atoms with Gasteiger partial charge in [-0.2, -0.15) is 0 Å². The molecule has 0 amide bonds. The summed E-state index contributed by atoms with van der Waals surface area (Å²) < 4.78 is 33.8. The first kappa shape index (κ1) is 55.9. The van der Waals surface area contributed by atoms with Crippen molar-refractivity contribution in [3.8, 4) is 0 Å². The number of carbonyl (C=O) groups excluding carboxylic acids is 2.